The van der Waals surface area contributed by atoms with Crippen LogP contribution in [0.4, 0.5) is 24.5 Å². The smallest absolute Gasteiger partial charge is 0.399 e. The molecule has 1 aliphatic heterocycles. The number of likely N-dealkylation sites (N-methyl/N-ethyl adjacent to an activating group) is 1. The van der Waals surface area contributed by atoms with E-state index in [2.05, 4.69) is 21.0 Å². The maximum atomic E-state index is 12.8. The van der Waals surface area contributed by atoms with E-state index in [0.717, 1.165) is 30.2 Å². The van der Waals surface area contributed by atoms with Gasteiger partial charge in [0.1, 0.15) is 6.04 Å². The van der Waals surface area contributed by atoms with E-state index in [4.69, 9.17) is 5.73 Å². The van der Waals surface area contributed by atoms with Crippen LogP contribution in [0, 0.1) is 0 Å². The summed E-state index contributed by atoms with van der Waals surface area (Å²) in [6.45, 7) is 4.48. The molecule has 1 fully saturated rings. The van der Waals surface area contributed by atoms with Crippen molar-refractivity contribution in [2.75, 3.05) is 44.4 Å². The van der Waals surface area contributed by atoms with Gasteiger partial charge in [0, 0.05) is 11.4 Å². The average molecular weight is 288 g/mol. The summed E-state index contributed by atoms with van der Waals surface area (Å²) >= 11 is 0. The minimum Gasteiger partial charge on any atom is -0.399 e. The van der Waals surface area contributed by atoms with Gasteiger partial charge in [0.25, 0.3) is 0 Å². The minimum absolute atomic E-state index is 0.154. The summed E-state index contributed by atoms with van der Waals surface area (Å²) in [6.07, 6.45) is -4.36. The number of hydrogen-bond donors (Lipinski definition) is 1. The van der Waals surface area contributed by atoms with Crippen molar-refractivity contribution in [3.05, 3.63) is 23.8 Å². The molecule has 2 rings (SSSR count). The number of benzene rings is 1. The maximum absolute atomic E-state index is 12.8. The van der Waals surface area contributed by atoms with Gasteiger partial charge in [-0.15, -0.1) is 0 Å². The third kappa shape index (κ3) is 3.00. The Morgan fingerprint density at radius 1 is 1.25 bits per heavy atom. The van der Waals surface area contributed by atoms with Crippen LogP contribution in [0.25, 0.3) is 0 Å². The van der Waals surface area contributed by atoms with Crippen LogP contribution < -0.4 is 10.6 Å². The van der Waals surface area contributed by atoms with E-state index in [1.807, 2.05) is 4.90 Å². The maximum Gasteiger partial charge on any atom is 0.416 e. The SMILES string of the molecule is C[C@@H]1CN(c2cc(N)cc(C(F)(F)F)c2)CC[N+]1(C)C. The fourth-order valence-corrected chi connectivity index (χ4v) is 2.45. The summed E-state index contributed by atoms with van der Waals surface area (Å²) in [7, 11) is 4.28. The van der Waals surface area contributed by atoms with Crippen molar-refractivity contribution in [1.29, 1.82) is 0 Å². The Morgan fingerprint density at radius 2 is 1.90 bits per heavy atom. The van der Waals surface area contributed by atoms with Crippen LogP contribution in [-0.2, 0) is 6.18 Å². The van der Waals surface area contributed by atoms with Gasteiger partial charge in [0.05, 0.1) is 39.3 Å². The zero-order valence-electron chi connectivity index (χ0n) is 12.0. The summed E-state index contributed by atoms with van der Waals surface area (Å²) in [4.78, 5) is 1.99. The Labute approximate surface area is 117 Å². The summed E-state index contributed by atoms with van der Waals surface area (Å²) in [5.41, 5.74) is 5.65. The summed E-state index contributed by atoms with van der Waals surface area (Å²) in [5, 5.41) is 0. The zero-order valence-corrected chi connectivity index (χ0v) is 12.0. The minimum atomic E-state index is -4.36. The van der Waals surface area contributed by atoms with E-state index in [1.165, 1.54) is 6.07 Å². The molecule has 0 amide bonds. The number of halogens is 3. The molecule has 1 aromatic carbocycles. The normalized spacial score (nSPS) is 22.9. The molecule has 0 aromatic heterocycles. The third-order valence-corrected chi connectivity index (χ3v) is 4.26. The summed E-state index contributed by atoms with van der Waals surface area (Å²) < 4.78 is 39.4. The van der Waals surface area contributed by atoms with Crippen LogP contribution in [0.1, 0.15) is 12.5 Å². The predicted octanol–water partition coefficient (Wildman–Crippen LogP) is 2.57. The molecule has 1 aromatic rings. The van der Waals surface area contributed by atoms with Crippen LogP contribution >= 0.6 is 0 Å². The second-order valence-corrected chi connectivity index (χ2v) is 6.11. The van der Waals surface area contributed by atoms with Crippen LogP contribution in [0.15, 0.2) is 18.2 Å². The van der Waals surface area contributed by atoms with Gasteiger partial charge in [0.2, 0.25) is 0 Å². The van der Waals surface area contributed by atoms with E-state index in [-0.39, 0.29) is 5.69 Å². The molecule has 3 nitrogen and oxygen atoms in total. The molecule has 1 heterocycles. The lowest BCUT2D eigenvalue weighted by atomic mass is 10.1. The molecule has 20 heavy (non-hydrogen) atoms. The second-order valence-electron chi connectivity index (χ2n) is 6.11. The monoisotopic (exact) mass is 288 g/mol. The highest BCUT2D eigenvalue weighted by molar-refractivity contribution is 5.59. The van der Waals surface area contributed by atoms with Crippen molar-refractivity contribution in [1.82, 2.24) is 0 Å². The van der Waals surface area contributed by atoms with E-state index < -0.39 is 11.7 Å². The van der Waals surface area contributed by atoms with Gasteiger partial charge in [-0.2, -0.15) is 13.2 Å². The van der Waals surface area contributed by atoms with Crippen molar-refractivity contribution in [3.63, 3.8) is 0 Å². The van der Waals surface area contributed by atoms with Gasteiger partial charge < -0.3 is 15.1 Å². The molecule has 112 valence electrons. The lowest BCUT2D eigenvalue weighted by Crippen LogP contribution is -2.60. The average Bonchev–Trinajstić information content (AvgIpc) is 2.31. The van der Waals surface area contributed by atoms with Gasteiger partial charge in [-0.05, 0) is 25.1 Å². The van der Waals surface area contributed by atoms with Crippen LogP contribution in [-0.4, -0.2) is 44.3 Å². The van der Waals surface area contributed by atoms with Gasteiger partial charge in [0.15, 0.2) is 0 Å². The van der Waals surface area contributed by atoms with E-state index in [9.17, 15) is 13.2 Å². The molecule has 0 unspecified atom stereocenters. The molecular weight excluding hydrogens is 267 g/mol. The molecule has 0 spiro atoms. The molecule has 0 aliphatic carbocycles. The van der Waals surface area contributed by atoms with E-state index in [1.54, 1.807) is 6.07 Å². The van der Waals surface area contributed by atoms with E-state index >= 15 is 0 Å². The van der Waals surface area contributed by atoms with Crippen LogP contribution in [0.3, 0.4) is 0 Å². The largest absolute Gasteiger partial charge is 0.416 e. The number of alkyl halides is 3. The molecule has 2 N–H and O–H groups in total. The number of hydrogen-bond acceptors (Lipinski definition) is 2. The highest BCUT2D eigenvalue weighted by atomic mass is 19.4. The quantitative estimate of drug-likeness (QED) is 0.636. The first-order valence-electron chi connectivity index (χ1n) is 6.65. The second kappa shape index (κ2) is 4.84. The Hall–Kier alpha value is -1.43. The molecule has 0 radical (unpaired) electrons. The Bertz CT molecular complexity index is 497. The Morgan fingerprint density at radius 3 is 2.45 bits per heavy atom. The zero-order chi connectivity index (χ0) is 15.1. The van der Waals surface area contributed by atoms with Crippen molar-refractivity contribution in [2.24, 2.45) is 0 Å². The lowest BCUT2D eigenvalue weighted by molar-refractivity contribution is -0.913. The van der Waals surface area contributed by atoms with Crippen molar-refractivity contribution < 1.29 is 17.7 Å². The van der Waals surface area contributed by atoms with Gasteiger partial charge >= 0.3 is 6.18 Å². The molecule has 0 bridgehead atoms. The Balaban J connectivity index is 2.28. The van der Waals surface area contributed by atoms with Gasteiger partial charge in [-0.3, -0.25) is 0 Å². The van der Waals surface area contributed by atoms with Crippen LogP contribution in [0.2, 0.25) is 0 Å². The van der Waals surface area contributed by atoms with Gasteiger partial charge in [-0.25, -0.2) is 0 Å². The first-order valence-corrected chi connectivity index (χ1v) is 6.65. The molecule has 1 aliphatic rings. The van der Waals surface area contributed by atoms with E-state index in [0.29, 0.717) is 11.7 Å². The number of rotatable bonds is 1. The number of piperazine rings is 1. The van der Waals surface area contributed by atoms with Crippen molar-refractivity contribution >= 4 is 11.4 Å². The standard InChI is InChI=1S/C14H21F3N3/c1-10-9-19(4-5-20(10,2)3)13-7-11(14(15,16)17)6-12(18)8-13/h6-8,10H,4-5,9,18H2,1-3H3/q+1/t10-/m1/s1. The number of nitrogens with two attached hydrogens (primary N) is 1. The molecule has 6 heteroatoms. The van der Waals surface area contributed by atoms with Crippen LogP contribution in [0.5, 0.6) is 0 Å². The highest BCUT2D eigenvalue weighted by Gasteiger charge is 2.34. The highest BCUT2D eigenvalue weighted by Crippen LogP contribution is 2.34. The topological polar surface area (TPSA) is 29.3 Å². The fourth-order valence-electron chi connectivity index (χ4n) is 2.45. The van der Waals surface area contributed by atoms with Gasteiger partial charge in [-0.1, -0.05) is 0 Å². The number of quaternary nitrogens is 1. The molecular formula is C14H21F3N3+. The lowest BCUT2D eigenvalue weighted by Gasteiger charge is -2.45. The molecule has 1 saturated heterocycles. The Kier molecular flexibility index (Phi) is 3.62. The molecule has 0 saturated carbocycles. The molecule has 1 atom stereocenters. The summed E-state index contributed by atoms with van der Waals surface area (Å²) in [5.74, 6) is 0. The number of anilines is 2. The predicted molar refractivity (Wildman–Crippen MR) is 74.5 cm³/mol. The summed E-state index contributed by atoms with van der Waals surface area (Å²) in [6, 6.07) is 4.15. The number of nitrogens with zero attached hydrogens (tertiary/aromatic N) is 2. The first-order chi connectivity index (χ1) is 9.09. The van der Waals surface area contributed by atoms with Crippen molar-refractivity contribution in [2.45, 2.75) is 19.1 Å². The number of nitrogen functional groups attached to an aromatic ring is 1. The first kappa shape index (κ1) is 15.0. The fraction of sp³-hybridized carbons (Fsp3) is 0.571. The van der Waals surface area contributed by atoms with Crippen molar-refractivity contribution in [3.8, 4) is 0 Å². The third-order valence-electron chi connectivity index (χ3n) is 4.26.